The second kappa shape index (κ2) is 12.8. The van der Waals surface area contributed by atoms with Crippen LogP contribution < -0.4 is 21.3 Å². The van der Waals surface area contributed by atoms with E-state index in [9.17, 15) is 23.9 Å². The third-order valence-corrected chi connectivity index (χ3v) is 8.06. The molecule has 0 saturated carbocycles. The predicted octanol–water partition coefficient (Wildman–Crippen LogP) is 3.05. The van der Waals surface area contributed by atoms with Gasteiger partial charge in [0.1, 0.15) is 39.6 Å². The molecular weight excluding hydrogens is 579 g/mol. The lowest BCUT2D eigenvalue weighted by molar-refractivity contribution is -0.129. The number of rotatable bonds is 12. The Hall–Kier alpha value is -3.88. The minimum Gasteiger partial charge on any atom is -0.491 e. The number of aryl methyl sites for hydroxylation is 1. The van der Waals surface area contributed by atoms with Crippen molar-refractivity contribution < 1.29 is 23.8 Å². The minimum absolute atomic E-state index is 0.0361. The van der Waals surface area contributed by atoms with Crippen LogP contribution in [-0.2, 0) is 21.6 Å². The first-order valence-corrected chi connectivity index (χ1v) is 14.7. The molecule has 1 amide bonds. The number of carbonyl (C=O) groups is 1. The fraction of sp³-hybridized carbons (Fsp3) is 0.483. The van der Waals surface area contributed by atoms with Crippen molar-refractivity contribution in [3.63, 3.8) is 0 Å². The van der Waals surface area contributed by atoms with Gasteiger partial charge in [-0.05, 0) is 66.7 Å². The average molecular weight is 617 g/mol. The number of ether oxygens (including phenoxy) is 2. The number of aromatic nitrogens is 5. The number of aliphatic hydroxyl groups excluding tert-OH is 1. The number of amides is 1. The van der Waals surface area contributed by atoms with Gasteiger partial charge in [-0.25, -0.2) is 13.8 Å². The molecule has 0 saturated heterocycles. The van der Waals surface area contributed by atoms with Gasteiger partial charge in [-0.15, -0.1) is 4.80 Å². The Morgan fingerprint density at radius 1 is 1.16 bits per heavy atom. The van der Waals surface area contributed by atoms with Crippen LogP contribution in [0, 0.1) is 12.7 Å². The predicted molar refractivity (Wildman–Crippen MR) is 161 cm³/mol. The summed E-state index contributed by atoms with van der Waals surface area (Å²) in [5.74, 6) is -0.773. The molecule has 0 aliphatic rings. The van der Waals surface area contributed by atoms with Crippen LogP contribution in [0.15, 0.2) is 40.2 Å². The van der Waals surface area contributed by atoms with E-state index in [4.69, 9.17) is 9.47 Å². The van der Waals surface area contributed by atoms with E-state index >= 15 is 0 Å². The van der Waals surface area contributed by atoms with Crippen molar-refractivity contribution in [1.29, 1.82) is 0 Å². The van der Waals surface area contributed by atoms with E-state index in [-0.39, 0.29) is 43.0 Å². The van der Waals surface area contributed by atoms with E-state index in [0.29, 0.717) is 21.0 Å². The molecule has 43 heavy (non-hydrogen) atoms. The summed E-state index contributed by atoms with van der Waals surface area (Å²) in [6.45, 7) is 11.5. The third-order valence-electron chi connectivity index (χ3n) is 6.77. The molecule has 4 aromatic rings. The number of hydrogen-bond acceptors (Lipinski definition) is 9. The summed E-state index contributed by atoms with van der Waals surface area (Å²) < 4.78 is 28.8. The van der Waals surface area contributed by atoms with Crippen LogP contribution in [0.1, 0.15) is 58.8 Å². The third kappa shape index (κ3) is 6.40. The Morgan fingerprint density at radius 3 is 2.44 bits per heavy atom. The number of benzene rings is 1. The number of carbonyl (C=O) groups excluding carboxylic acids is 1. The number of fused-ring (bicyclic) bond motifs is 1. The van der Waals surface area contributed by atoms with Gasteiger partial charge in [-0.1, -0.05) is 11.3 Å². The molecule has 0 spiro atoms. The van der Waals surface area contributed by atoms with Crippen LogP contribution >= 0.6 is 11.3 Å². The normalized spacial score (nSPS) is 12.8. The highest BCUT2D eigenvalue weighted by molar-refractivity contribution is 7.21. The highest BCUT2D eigenvalue weighted by atomic mass is 32.1. The highest BCUT2D eigenvalue weighted by Crippen LogP contribution is 2.35. The molecule has 0 aliphatic carbocycles. The number of thiophene rings is 1. The first-order chi connectivity index (χ1) is 20.3. The Morgan fingerprint density at radius 2 is 1.84 bits per heavy atom. The van der Waals surface area contributed by atoms with Crippen molar-refractivity contribution in [2.24, 2.45) is 0 Å². The van der Waals surface area contributed by atoms with Crippen molar-refractivity contribution in [3.05, 3.63) is 68.4 Å². The van der Waals surface area contributed by atoms with Crippen molar-refractivity contribution in [3.8, 4) is 10.8 Å². The lowest BCUT2D eigenvalue weighted by atomic mass is 10.0. The lowest BCUT2D eigenvalue weighted by Crippen LogP contribution is -2.56. The average Bonchev–Trinajstić information content (AvgIpc) is 3.57. The monoisotopic (exact) mass is 616 g/mol. The number of nitrogens with zero attached hydrogens (tertiary/aromatic N) is 5. The van der Waals surface area contributed by atoms with E-state index in [1.807, 2.05) is 0 Å². The smallest absolute Gasteiger partial charge is 0.333 e. The van der Waals surface area contributed by atoms with E-state index in [1.54, 1.807) is 34.6 Å². The van der Waals surface area contributed by atoms with Gasteiger partial charge in [0.2, 0.25) is 5.91 Å². The summed E-state index contributed by atoms with van der Waals surface area (Å²) in [4.78, 5) is 43.5. The zero-order chi connectivity index (χ0) is 31.6. The molecule has 1 aromatic carbocycles. The first kappa shape index (κ1) is 32.0. The topological polar surface area (TPSA) is 142 Å². The summed E-state index contributed by atoms with van der Waals surface area (Å²) in [6, 6.07) is 3.70. The number of nitrogens with one attached hydrogen (secondary N) is 1. The number of halogens is 1. The summed E-state index contributed by atoms with van der Waals surface area (Å²) in [5.41, 5.74) is -2.10. The number of hydrogen-bond donors (Lipinski definition) is 2. The Labute approximate surface area is 251 Å². The zero-order valence-electron chi connectivity index (χ0n) is 25.3. The molecule has 3 heterocycles. The summed E-state index contributed by atoms with van der Waals surface area (Å²) in [6.07, 6.45) is 1.73. The van der Waals surface area contributed by atoms with E-state index in [1.165, 1.54) is 53.8 Å². The van der Waals surface area contributed by atoms with Crippen molar-refractivity contribution in [1.82, 2.24) is 29.4 Å². The van der Waals surface area contributed by atoms with E-state index < -0.39 is 34.6 Å². The van der Waals surface area contributed by atoms with Gasteiger partial charge >= 0.3 is 5.69 Å². The zero-order valence-corrected chi connectivity index (χ0v) is 26.1. The molecule has 1 atom stereocenters. The molecule has 0 bridgehead atoms. The van der Waals surface area contributed by atoms with Gasteiger partial charge in [0, 0.05) is 17.2 Å². The second-order valence-corrected chi connectivity index (χ2v) is 12.2. The molecule has 12 nitrogen and oxygen atoms in total. The van der Waals surface area contributed by atoms with Gasteiger partial charge in [0.15, 0.2) is 0 Å². The summed E-state index contributed by atoms with van der Waals surface area (Å²) in [7, 11) is 0. The van der Waals surface area contributed by atoms with Crippen molar-refractivity contribution in [2.45, 2.75) is 78.8 Å². The summed E-state index contributed by atoms with van der Waals surface area (Å²) in [5, 5.41) is 21.3. The fourth-order valence-electron chi connectivity index (χ4n) is 4.81. The SMILES string of the molecule is Cc1c(-n2nccn2)sc2c1c(=O)n(C(C)(C)C(=O)NC(C)C)c(=O)n2C[C@H](OC(C)C)c1cc(F)ccc1OCCO. The van der Waals surface area contributed by atoms with E-state index in [0.717, 1.165) is 15.9 Å². The fourth-order valence-corrected chi connectivity index (χ4v) is 6.03. The molecule has 3 aromatic heterocycles. The molecule has 0 unspecified atom stereocenters. The maximum atomic E-state index is 14.6. The standard InChI is InChI=1S/C29H37FN6O6S/c1-16(2)33-27(39)29(6,7)35-24(38)23-18(5)25(36-31-10-11-32-36)43-26(23)34(28(35)40)15-22(42-17(3)4)20-14-19(30)8-9-21(20)41-13-12-37/h8-11,14,16-17,22,37H,12-13,15H2,1-7H3,(H,33,39)/t22-/m0/s1. The Bertz CT molecular complexity index is 1720. The Kier molecular flexibility index (Phi) is 9.52. The van der Waals surface area contributed by atoms with Crippen LogP contribution in [-0.4, -0.2) is 60.5 Å². The molecule has 0 fully saturated rings. The van der Waals surface area contributed by atoms with Gasteiger partial charge in [0.05, 0.1) is 37.0 Å². The van der Waals surface area contributed by atoms with Crippen LogP contribution in [0.4, 0.5) is 4.39 Å². The molecule has 4 rings (SSSR count). The van der Waals surface area contributed by atoms with Gasteiger partial charge < -0.3 is 19.9 Å². The van der Waals surface area contributed by atoms with Crippen LogP contribution in [0.3, 0.4) is 0 Å². The lowest BCUT2D eigenvalue weighted by Gasteiger charge is -2.29. The Balaban J connectivity index is 2.03. The number of aliphatic hydroxyl groups is 1. The quantitative estimate of drug-likeness (QED) is 0.247. The molecule has 0 radical (unpaired) electrons. The molecule has 2 N–H and O–H groups in total. The van der Waals surface area contributed by atoms with Crippen molar-refractivity contribution >= 4 is 27.5 Å². The van der Waals surface area contributed by atoms with Crippen LogP contribution in [0.5, 0.6) is 5.75 Å². The molecular formula is C29H37FN6O6S. The first-order valence-electron chi connectivity index (χ1n) is 13.9. The van der Waals surface area contributed by atoms with E-state index in [2.05, 4.69) is 15.5 Å². The maximum absolute atomic E-state index is 14.6. The summed E-state index contributed by atoms with van der Waals surface area (Å²) >= 11 is 1.15. The van der Waals surface area contributed by atoms with Crippen LogP contribution in [0.25, 0.3) is 15.2 Å². The molecule has 232 valence electrons. The second-order valence-electron chi connectivity index (χ2n) is 11.2. The maximum Gasteiger partial charge on any atom is 0.333 e. The molecule has 0 aliphatic heterocycles. The highest BCUT2D eigenvalue weighted by Gasteiger charge is 2.36. The van der Waals surface area contributed by atoms with Crippen molar-refractivity contribution in [2.75, 3.05) is 13.2 Å². The van der Waals surface area contributed by atoms with Crippen LogP contribution in [0.2, 0.25) is 0 Å². The molecule has 14 heteroatoms. The van der Waals surface area contributed by atoms with Gasteiger partial charge in [0.25, 0.3) is 5.56 Å². The van der Waals surface area contributed by atoms with Gasteiger partial charge in [-0.3, -0.25) is 14.2 Å². The largest absolute Gasteiger partial charge is 0.491 e. The minimum atomic E-state index is -1.57. The van der Waals surface area contributed by atoms with Gasteiger partial charge in [-0.2, -0.15) is 10.2 Å².